The maximum atomic E-state index is 12.1. The van der Waals surface area contributed by atoms with E-state index < -0.39 is 18.0 Å². The van der Waals surface area contributed by atoms with Crippen LogP contribution in [0.4, 0.5) is 11.5 Å². The van der Waals surface area contributed by atoms with Crippen molar-refractivity contribution in [2.24, 2.45) is 0 Å². The van der Waals surface area contributed by atoms with E-state index in [9.17, 15) is 9.59 Å². The van der Waals surface area contributed by atoms with Gasteiger partial charge in [0.15, 0.2) is 17.6 Å². The number of anilines is 2. The van der Waals surface area contributed by atoms with Crippen molar-refractivity contribution in [2.45, 2.75) is 13.0 Å². The molecule has 8 nitrogen and oxygen atoms in total. The van der Waals surface area contributed by atoms with E-state index in [1.807, 2.05) is 0 Å². The molecule has 0 fully saturated rings. The van der Waals surface area contributed by atoms with Gasteiger partial charge in [-0.1, -0.05) is 12.1 Å². The van der Waals surface area contributed by atoms with Crippen molar-refractivity contribution in [3.05, 3.63) is 42.4 Å². The van der Waals surface area contributed by atoms with Crippen LogP contribution in [0.5, 0.6) is 5.75 Å². The third kappa shape index (κ3) is 3.94. The van der Waals surface area contributed by atoms with Gasteiger partial charge < -0.3 is 20.5 Å². The minimum Gasteiger partial charge on any atom is -0.495 e. The Morgan fingerprint density at radius 3 is 2.61 bits per heavy atom. The lowest BCUT2D eigenvalue weighted by atomic mass is 10.2. The monoisotopic (exact) mass is 316 g/mol. The SMILES string of the molecule is COc1ccccc1NC(=O)[C@H](C)OC(=O)c1nccnc1N. The Morgan fingerprint density at radius 2 is 1.91 bits per heavy atom. The molecule has 1 heterocycles. The van der Waals surface area contributed by atoms with Crippen molar-refractivity contribution in [1.82, 2.24) is 9.97 Å². The van der Waals surface area contributed by atoms with Crippen LogP contribution in [-0.2, 0) is 9.53 Å². The number of nitrogens with one attached hydrogen (secondary N) is 1. The fraction of sp³-hybridized carbons (Fsp3) is 0.200. The van der Waals surface area contributed by atoms with Crippen molar-refractivity contribution in [3.63, 3.8) is 0 Å². The van der Waals surface area contributed by atoms with Gasteiger partial charge in [0.05, 0.1) is 12.8 Å². The van der Waals surface area contributed by atoms with Gasteiger partial charge in [0.2, 0.25) is 0 Å². The zero-order valence-corrected chi connectivity index (χ0v) is 12.6. The average molecular weight is 316 g/mol. The van der Waals surface area contributed by atoms with E-state index in [4.69, 9.17) is 15.2 Å². The largest absolute Gasteiger partial charge is 0.495 e. The highest BCUT2D eigenvalue weighted by molar-refractivity contribution is 5.98. The highest BCUT2D eigenvalue weighted by Crippen LogP contribution is 2.23. The number of methoxy groups -OCH3 is 1. The molecule has 120 valence electrons. The first-order valence-electron chi connectivity index (χ1n) is 6.74. The number of benzene rings is 1. The van der Waals surface area contributed by atoms with E-state index in [0.29, 0.717) is 11.4 Å². The number of aromatic nitrogens is 2. The molecule has 23 heavy (non-hydrogen) atoms. The molecule has 2 rings (SSSR count). The van der Waals surface area contributed by atoms with E-state index in [-0.39, 0.29) is 11.5 Å². The lowest BCUT2D eigenvalue weighted by Gasteiger charge is -2.15. The van der Waals surface area contributed by atoms with Gasteiger partial charge in [0, 0.05) is 12.4 Å². The molecule has 0 aliphatic carbocycles. The molecule has 2 aromatic rings. The summed E-state index contributed by atoms with van der Waals surface area (Å²) in [5, 5.41) is 2.62. The number of rotatable bonds is 5. The summed E-state index contributed by atoms with van der Waals surface area (Å²) in [5.74, 6) is -0.893. The number of nitrogens with two attached hydrogens (primary N) is 1. The summed E-state index contributed by atoms with van der Waals surface area (Å²) >= 11 is 0. The molecule has 1 aromatic heterocycles. The van der Waals surface area contributed by atoms with Crippen molar-refractivity contribution in [2.75, 3.05) is 18.2 Å². The molecule has 0 unspecified atom stereocenters. The van der Waals surface area contributed by atoms with Gasteiger partial charge in [0.1, 0.15) is 5.75 Å². The van der Waals surface area contributed by atoms with Crippen LogP contribution in [-0.4, -0.2) is 35.1 Å². The Hall–Kier alpha value is -3.16. The number of hydrogen-bond donors (Lipinski definition) is 2. The number of nitrogen functional groups attached to an aromatic ring is 1. The summed E-state index contributed by atoms with van der Waals surface area (Å²) in [5.41, 5.74) is 5.88. The minimum absolute atomic E-state index is 0.0603. The van der Waals surface area contributed by atoms with Gasteiger partial charge in [-0.3, -0.25) is 4.79 Å². The maximum Gasteiger partial charge on any atom is 0.361 e. The lowest BCUT2D eigenvalue weighted by Crippen LogP contribution is -2.30. The Balaban J connectivity index is 2.03. The highest BCUT2D eigenvalue weighted by atomic mass is 16.5. The van der Waals surface area contributed by atoms with E-state index >= 15 is 0 Å². The fourth-order valence-electron chi connectivity index (χ4n) is 1.76. The second-order valence-corrected chi connectivity index (χ2v) is 4.53. The summed E-state index contributed by atoms with van der Waals surface area (Å²) in [4.78, 5) is 31.6. The maximum absolute atomic E-state index is 12.1. The number of nitrogens with zero attached hydrogens (tertiary/aromatic N) is 2. The topological polar surface area (TPSA) is 116 Å². The Morgan fingerprint density at radius 1 is 1.22 bits per heavy atom. The number of para-hydroxylation sites is 2. The van der Waals surface area contributed by atoms with Gasteiger partial charge in [-0.25, -0.2) is 14.8 Å². The molecule has 0 radical (unpaired) electrons. The molecule has 1 amide bonds. The summed E-state index contributed by atoms with van der Waals surface area (Å²) in [6.45, 7) is 1.44. The molecule has 1 atom stereocenters. The Bertz CT molecular complexity index is 720. The van der Waals surface area contributed by atoms with E-state index in [0.717, 1.165) is 0 Å². The summed E-state index contributed by atoms with van der Waals surface area (Å²) in [6, 6.07) is 6.89. The number of hydrogen-bond acceptors (Lipinski definition) is 7. The van der Waals surface area contributed by atoms with Gasteiger partial charge >= 0.3 is 5.97 Å². The molecule has 0 bridgehead atoms. The normalized spacial score (nSPS) is 11.4. The number of esters is 1. The summed E-state index contributed by atoms with van der Waals surface area (Å²) in [6.07, 6.45) is 1.62. The van der Waals surface area contributed by atoms with Crippen LogP contribution < -0.4 is 15.8 Å². The number of amides is 1. The lowest BCUT2D eigenvalue weighted by molar-refractivity contribution is -0.123. The third-order valence-corrected chi connectivity index (χ3v) is 2.94. The summed E-state index contributed by atoms with van der Waals surface area (Å²) < 4.78 is 10.2. The first-order valence-corrected chi connectivity index (χ1v) is 6.74. The molecule has 0 aliphatic rings. The van der Waals surface area contributed by atoms with E-state index in [2.05, 4.69) is 15.3 Å². The first-order chi connectivity index (χ1) is 11.0. The van der Waals surface area contributed by atoms with Crippen molar-refractivity contribution in [3.8, 4) is 5.75 Å². The molecular weight excluding hydrogens is 300 g/mol. The van der Waals surface area contributed by atoms with Crippen LogP contribution in [0, 0.1) is 0 Å². The van der Waals surface area contributed by atoms with Gasteiger partial charge in [-0.2, -0.15) is 0 Å². The first kappa shape index (κ1) is 16.2. The van der Waals surface area contributed by atoms with Crippen molar-refractivity contribution < 1.29 is 19.1 Å². The zero-order valence-electron chi connectivity index (χ0n) is 12.6. The smallest absolute Gasteiger partial charge is 0.361 e. The number of carbonyl (C=O) groups excluding carboxylic acids is 2. The Labute approximate surface area is 132 Å². The van der Waals surface area contributed by atoms with Crippen LogP contribution in [0.25, 0.3) is 0 Å². The third-order valence-electron chi connectivity index (χ3n) is 2.94. The van der Waals surface area contributed by atoms with Gasteiger partial charge in [0.25, 0.3) is 5.91 Å². The second-order valence-electron chi connectivity index (χ2n) is 4.53. The van der Waals surface area contributed by atoms with Crippen LogP contribution in [0.2, 0.25) is 0 Å². The molecule has 0 saturated heterocycles. The van der Waals surface area contributed by atoms with Crippen molar-refractivity contribution >= 4 is 23.4 Å². The predicted octanol–water partition coefficient (Wildman–Crippen LogP) is 1.25. The molecule has 3 N–H and O–H groups in total. The molecule has 0 spiro atoms. The van der Waals surface area contributed by atoms with E-state index in [1.54, 1.807) is 24.3 Å². The summed E-state index contributed by atoms with van der Waals surface area (Å²) in [7, 11) is 1.49. The molecular formula is C15H16N4O4. The minimum atomic E-state index is -1.05. The standard InChI is InChI=1S/C15H16N4O4/c1-9(23-15(21)12-13(16)18-8-7-17-12)14(20)19-10-5-3-4-6-11(10)22-2/h3-9H,1-2H3,(H2,16,18)(H,19,20)/t9-/m0/s1. The Kier molecular flexibility index (Phi) is 5.08. The number of carbonyl (C=O) groups is 2. The average Bonchev–Trinajstić information content (AvgIpc) is 2.55. The van der Waals surface area contributed by atoms with Crippen LogP contribution in [0.3, 0.4) is 0 Å². The molecule has 0 saturated carbocycles. The molecule has 1 aromatic carbocycles. The van der Waals surface area contributed by atoms with Crippen LogP contribution >= 0.6 is 0 Å². The molecule has 8 heteroatoms. The second kappa shape index (κ2) is 7.21. The van der Waals surface area contributed by atoms with Crippen LogP contribution in [0.15, 0.2) is 36.7 Å². The fourth-order valence-corrected chi connectivity index (χ4v) is 1.76. The number of ether oxygens (including phenoxy) is 2. The van der Waals surface area contributed by atoms with E-state index in [1.165, 1.54) is 26.4 Å². The molecule has 0 aliphatic heterocycles. The van der Waals surface area contributed by atoms with Gasteiger partial charge in [-0.05, 0) is 19.1 Å². The zero-order chi connectivity index (χ0) is 16.8. The van der Waals surface area contributed by atoms with Crippen LogP contribution in [0.1, 0.15) is 17.4 Å². The quantitative estimate of drug-likeness (QED) is 0.797. The predicted molar refractivity (Wildman–Crippen MR) is 82.9 cm³/mol. The van der Waals surface area contributed by atoms with Crippen molar-refractivity contribution in [1.29, 1.82) is 0 Å². The van der Waals surface area contributed by atoms with Gasteiger partial charge in [-0.15, -0.1) is 0 Å². The highest BCUT2D eigenvalue weighted by Gasteiger charge is 2.22.